The molecule has 0 aromatic heterocycles. The van der Waals surface area contributed by atoms with Crippen LogP contribution < -0.4 is 0 Å². The summed E-state index contributed by atoms with van der Waals surface area (Å²) in [7, 11) is 1.22. The lowest BCUT2D eigenvalue weighted by Crippen LogP contribution is -1.82. The lowest BCUT2D eigenvalue weighted by atomic mass is 10.1. The molecule has 5 heteroatoms. The van der Waals surface area contributed by atoms with Crippen LogP contribution in [0.5, 0.6) is 0 Å². The molecule has 7 heavy (non-hydrogen) atoms. The molecule has 36 valence electrons. The van der Waals surface area contributed by atoms with E-state index in [0.29, 0.717) is 0 Å². The number of carbonyl (C=O) groups excluding carboxylic acids is 2. The summed E-state index contributed by atoms with van der Waals surface area (Å²) in [4.78, 5) is 19.1. The molecule has 0 fully saturated rings. The van der Waals surface area contributed by atoms with E-state index in [1.807, 2.05) is 0 Å². The standard InChI is InChI=1S/C2H3BN2O2/c3-2(7)5-4-1-6/h1H,3H2. The first kappa shape index (κ1) is 6.00. The van der Waals surface area contributed by atoms with Crippen molar-refractivity contribution >= 4 is 20.1 Å². The third kappa shape index (κ3) is 5.00. The molecule has 0 aromatic rings. The van der Waals surface area contributed by atoms with Gasteiger partial charge in [-0.2, -0.15) is 0 Å². The minimum atomic E-state index is -0.466. The van der Waals surface area contributed by atoms with Crippen LogP contribution in [0.15, 0.2) is 10.2 Å². The first-order chi connectivity index (χ1) is 3.27. The third-order valence-corrected chi connectivity index (χ3v) is 0.246. The summed E-state index contributed by atoms with van der Waals surface area (Å²) < 4.78 is 0. The molecule has 0 unspecified atom stereocenters. The van der Waals surface area contributed by atoms with Crippen LogP contribution in [0.1, 0.15) is 0 Å². The van der Waals surface area contributed by atoms with Gasteiger partial charge in [-0.25, -0.2) is 0 Å². The van der Waals surface area contributed by atoms with Crippen LogP contribution in [0.2, 0.25) is 0 Å². The van der Waals surface area contributed by atoms with Gasteiger partial charge in [-0.15, -0.1) is 10.2 Å². The summed E-state index contributed by atoms with van der Waals surface area (Å²) in [5, 5.41) is 5.63. The van der Waals surface area contributed by atoms with Crippen LogP contribution >= 0.6 is 0 Å². The number of nitrogens with zero attached hydrogens (tertiary/aromatic N) is 2. The molecule has 0 heterocycles. The van der Waals surface area contributed by atoms with Gasteiger partial charge < -0.3 is 0 Å². The van der Waals surface area contributed by atoms with E-state index >= 15 is 0 Å². The van der Waals surface area contributed by atoms with E-state index in [1.165, 1.54) is 7.85 Å². The summed E-state index contributed by atoms with van der Waals surface area (Å²) in [5.41, 5.74) is 0. The number of hydrogen-bond donors (Lipinski definition) is 0. The van der Waals surface area contributed by atoms with Crippen LogP contribution in [0.25, 0.3) is 0 Å². The molecular weight excluding hydrogens is 94.8 g/mol. The predicted octanol–water partition coefficient (Wildman–Crippen LogP) is -0.652. The zero-order valence-electron chi connectivity index (χ0n) is 3.79. The maximum atomic E-state index is 9.78. The van der Waals surface area contributed by atoms with Crippen molar-refractivity contribution in [1.82, 2.24) is 0 Å². The van der Waals surface area contributed by atoms with Crippen molar-refractivity contribution in [3.63, 3.8) is 0 Å². The highest BCUT2D eigenvalue weighted by Crippen LogP contribution is 1.68. The van der Waals surface area contributed by atoms with Gasteiger partial charge in [0.2, 0.25) is 13.7 Å². The summed E-state index contributed by atoms with van der Waals surface area (Å²) in [6, 6.07) is 0. The smallest absolute Gasteiger partial charge is 0.252 e. The fraction of sp³-hybridized carbons (Fsp3) is 0. The maximum Gasteiger partial charge on any atom is 0.252 e. The van der Waals surface area contributed by atoms with Crippen molar-refractivity contribution in [3.8, 4) is 0 Å². The van der Waals surface area contributed by atoms with Gasteiger partial charge in [0, 0.05) is 0 Å². The van der Waals surface area contributed by atoms with E-state index in [0.717, 1.165) is 0 Å². The van der Waals surface area contributed by atoms with Gasteiger partial charge in [-0.05, 0) is 0 Å². The van der Waals surface area contributed by atoms with Gasteiger partial charge in [-0.3, -0.25) is 9.59 Å². The molecule has 0 spiro atoms. The highest BCUT2D eigenvalue weighted by atomic mass is 16.2. The average molecular weight is 97.9 g/mol. The van der Waals surface area contributed by atoms with Crippen molar-refractivity contribution in [1.29, 1.82) is 0 Å². The van der Waals surface area contributed by atoms with Gasteiger partial charge >= 0.3 is 0 Å². The Labute approximate surface area is 41.0 Å². The van der Waals surface area contributed by atoms with Crippen molar-refractivity contribution in [2.45, 2.75) is 0 Å². The Morgan fingerprint density at radius 3 is 2.43 bits per heavy atom. The molecule has 0 atom stereocenters. The molecule has 4 nitrogen and oxygen atoms in total. The van der Waals surface area contributed by atoms with Crippen molar-refractivity contribution in [2.24, 2.45) is 10.2 Å². The molecule has 0 aliphatic rings. The van der Waals surface area contributed by atoms with Gasteiger partial charge in [0.15, 0.2) is 0 Å². The zero-order chi connectivity index (χ0) is 5.70. The molecule has 0 bridgehead atoms. The fourth-order valence-corrected chi connectivity index (χ4v) is 0.105. The van der Waals surface area contributed by atoms with E-state index in [4.69, 9.17) is 0 Å². The quantitative estimate of drug-likeness (QED) is 0.248. The first-order valence-electron chi connectivity index (χ1n) is 1.62. The summed E-state index contributed by atoms with van der Waals surface area (Å²) >= 11 is 0. The Kier molecular flexibility index (Phi) is 2.75. The SMILES string of the molecule is BC(=O)N=NC=O. The molecule has 0 rings (SSSR count). The molecule has 0 aliphatic heterocycles. The predicted molar refractivity (Wildman–Crippen MR) is 24.9 cm³/mol. The zero-order valence-corrected chi connectivity index (χ0v) is 3.79. The Hall–Kier alpha value is -0.995. The highest BCUT2D eigenvalue weighted by Gasteiger charge is 1.78. The van der Waals surface area contributed by atoms with Crippen molar-refractivity contribution in [3.05, 3.63) is 0 Å². The van der Waals surface area contributed by atoms with Crippen LogP contribution in [0.3, 0.4) is 0 Å². The van der Waals surface area contributed by atoms with E-state index in [1.54, 1.807) is 0 Å². The second-order valence-corrected chi connectivity index (χ2v) is 0.840. The molecule has 0 radical (unpaired) electrons. The largest absolute Gasteiger partial charge is 0.284 e. The fourth-order valence-electron chi connectivity index (χ4n) is 0.105. The normalized spacial score (nSPS) is 9.14. The Morgan fingerprint density at radius 2 is 2.29 bits per heavy atom. The number of amides is 2. The van der Waals surface area contributed by atoms with Crippen LogP contribution in [0, 0.1) is 0 Å². The van der Waals surface area contributed by atoms with E-state index < -0.39 is 5.81 Å². The second-order valence-electron chi connectivity index (χ2n) is 0.840. The van der Waals surface area contributed by atoms with E-state index in [-0.39, 0.29) is 6.41 Å². The van der Waals surface area contributed by atoms with Gasteiger partial charge in [-0.1, -0.05) is 0 Å². The van der Waals surface area contributed by atoms with Crippen molar-refractivity contribution < 1.29 is 9.59 Å². The number of carbonyl (C=O) groups is 2. The molecule has 0 saturated carbocycles. The Balaban J connectivity index is 3.46. The topological polar surface area (TPSA) is 58.9 Å². The molecular formula is C2H3BN2O2. The lowest BCUT2D eigenvalue weighted by molar-refractivity contribution is -0.107. The van der Waals surface area contributed by atoms with Crippen LogP contribution in [-0.4, -0.2) is 20.1 Å². The minimum Gasteiger partial charge on any atom is -0.284 e. The van der Waals surface area contributed by atoms with Crippen molar-refractivity contribution in [2.75, 3.05) is 0 Å². The Bertz CT molecular complexity index is 110. The van der Waals surface area contributed by atoms with Crippen LogP contribution in [0.4, 0.5) is 4.79 Å². The monoisotopic (exact) mass is 98.0 g/mol. The molecule has 0 saturated heterocycles. The number of hydrogen-bond acceptors (Lipinski definition) is 2. The highest BCUT2D eigenvalue weighted by molar-refractivity contribution is 6.57. The average Bonchev–Trinajstić information content (AvgIpc) is 1.61. The van der Waals surface area contributed by atoms with Gasteiger partial charge in [0.05, 0.1) is 0 Å². The summed E-state index contributed by atoms with van der Waals surface area (Å²) in [6.45, 7) is 0. The summed E-state index contributed by atoms with van der Waals surface area (Å²) in [6.07, 6.45) is 0.210. The minimum absolute atomic E-state index is 0.210. The summed E-state index contributed by atoms with van der Waals surface area (Å²) in [5.74, 6) is -0.466. The molecule has 0 aromatic carbocycles. The molecule has 0 N–H and O–H groups in total. The number of azo groups is 1. The number of rotatable bonds is 1. The van der Waals surface area contributed by atoms with Crippen LogP contribution in [-0.2, 0) is 4.79 Å². The molecule has 0 aliphatic carbocycles. The first-order valence-corrected chi connectivity index (χ1v) is 1.62. The van der Waals surface area contributed by atoms with E-state index in [9.17, 15) is 9.59 Å². The van der Waals surface area contributed by atoms with Gasteiger partial charge in [0.1, 0.15) is 0 Å². The lowest BCUT2D eigenvalue weighted by Gasteiger charge is -1.67. The maximum absolute atomic E-state index is 9.78. The third-order valence-electron chi connectivity index (χ3n) is 0.246. The van der Waals surface area contributed by atoms with Gasteiger partial charge in [0.25, 0.3) is 6.41 Å². The second kappa shape index (κ2) is 3.20. The van der Waals surface area contributed by atoms with E-state index in [2.05, 4.69) is 10.2 Å². The Morgan fingerprint density at radius 1 is 1.71 bits per heavy atom. The molecule has 2 amide bonds.